The van der Waals surface area contributed by atoms with Gasteiger partial charge in [0.25, 0.3) is 0 Å². The normalized spacial score (nSPS) is 16.6. The zero-order valence-corrected chi connectivity index (χ0v) is 47.0. The number of ether oxygens (including phenoxy) is 2. The Morgan fingerprint density at radius 3 is 1.30 bits per heavy atom. The molecule has 0 unspecified atom stereocenters. The molecular formula is C80H62N2O2. The maximum Gasteiger partial charge on any atom is 0.132 e. The van der Waals surface area contributed by atoms with Gasteiger partial charge in [-0.2, -0.15) is 0 Å². The molecule has 2 saturated carbocycles. The molecule has 0 atom stereocenters. The number of hydrogen-bond acceptors (Lipinski definition) is 3. The lowest BCUT2D eigenvalue weighted by Crippen LogP contribution is -2.33. The van der Waals surface area contributed by atoms with E-state index in [0.717, 1.165) is 56.9 Å². The number of para-hydroxylation sites is 3. The molecule has 11 aromatic carbocycles. The highest BCUT2D eigenvalue weighted by Gasteiger charge is 2.53. The average Bonchev–Trinajstić information content (AvgIpc) is 1.63. The molecular weight excluding hydrogens is 1020 g/mol. The first-order valence-corrected chi connectivity index (χ1v) is 30.9. The Bertz CT molecular complexity index is 4520. The lowest BCUT2D eigenvalue weighted by atomic mass is 9.64. The highest BCUT2D eigenvalue weighted by molar-refractivity contribution is 6.09. The minimum absolute atomic E-state index is 0.526. The Morgan fingerprint density at radius 1 is 0.310 bits per heavy atom. The summed E-state index contributed by atoms with van der Waals surface area (Å²) in [6.07, 6.45) is 12.7. The maximum atomic E-state index is 7.25. The van der Waals surface area contributed by atoms with Gasteiger partial charge in [-0.05, 0) is 172 Å². The number of hydrogen-bond donors (Lipinski definition) is 0. The largest absolute Gasteiger partial charge is 0.457 e. The molecule has 6 aliphatic rings. The van der Waals surface area contributed by atoms with Crippen LogP contribution in [0, 0.1) is 0 Å². The van der Waals surface area contributed by atoms with E-state index in [1.54, 1.807) is 0 Å². The summed E-state index contributed by atoms with van der Waals surface area (Å²) in [5.41, 5.74) is 23.3. The lowest BCUT2D eigenvalue weighted by molar-refractivity contribution is 0.424. The standard InChI is InChI=1S/C80H62N2O2/c1-3-20-51(21-4-1)53-38-43-76-70(46-53)80(71-47-54(39-44-77(71)84-76)52-22-5-2-6-23-52)67-33-14-9-28-61(67)62-42-40-57(49-69(62)80)81(55-24-19-25-56(48-55)82-73-35-16-10-29-63(73)64-30-11-17-36-74(64)82)58-41-45-78-72(50-58)79(68-34-15-18-37-75(68)83-78)65-31-12-7-26-59(65)60-27-8-13-32-66(60)79/h7-19,24-52H,1-6,20-23H2. The lowest BCUT2D eigenvalue weighted by Gasteiger charge is -2.41. The van der Waals surface area contributed by atoms with Crippen LogP contribution in [0.3, 0.4) is 0 Å². The average molecular weight is 1080 g/mol. The second-order valence-corrected chi connectivity index (χ2v) is 24.7. The van der Waals surface area contributed by atoms with Crippen LogP contribution in [-0.2, 0) is 10.8 Å². The molecule has 1 aromatic heterocycles. The second-order valence-electron chi connectivity index (χ2n) is 24.7. The molecule has 4 heteroatoms. The smallest absolute Gasteiger partial charge is 0.132 e. The number of anilines is 3. The van der Waals surface area contributed by atoms with Gasteiger partial charge in [0.2, 0.25) is 0 Å². The van der Waals surface area contributed by atoms with Gasteiger partial charge in [-0.1, -0.05) is 202 Å². The van der Waals surface area contributed by atoms with Gasteiger partial charge in [-0.3, -0.25) is 0 Å². The van der Waals surface area contributed by atoms with Gasteiger partial charge in [0, 0.05) is 55.8 Å². The van der Waals surface area contributed by atoms with Crippen molar-refractivity contribution in [1.29, 1.82) is 0 Å². The van der Waals surface area contributed by atoms with Gasteiger partial charge < -0.3 is 18.9 Å². The molecule has 404 valence electrons. The minimum Gasteiger partial charge on any atom is -0.457 e. The van der Waals surface area contributed by atoms with Gasteiger partial charge in [0.1, 0.15) is 23.0 Å². The summed E-state index contributed by atoms with van der Waals surface area (Å²) in [5.74, 6) is 4.71. The van der Waals surface area contributed by atoms with Crippen molar-refractivity contribution in [2.24, 2.45) is 0 Å². The van der Waals surface area contributed by atoms with Crippen molar-refractivity contribution in [2.75, 3.05) is 4.90 Å². The Labute approximate surface area is 491 Å². The van der Waals surface area contributed by atoms with Gasteiger partial charge >= 0.3 is 0 Å². The van der Waals surface area contributed by atoms with Gasteiger partial charge in [-0.25, -0.2) is 0 Å². The van der Waals surface area contributed by atoms with Crippen LogP contribution >= 0.6 is 0 Å². The number of benzene rings is 11. The molecule has 18 rings (SSSR count). The van der Waals surface area contributed by atoms with Crippen LogP contribution in [0.4, 0.5) is 17.1 Å². The SMILES string of the molecule is c1cc(N(c2ccc3c(c2)C2(c4ccccc4O3)c3ccccc3-c3ccccc32)c2ccc3c(c2)C2(c4cc(C5CCCCC5)ccc4Oc4ccc(C5CCCCC5)cc42)c2ccccc2-3)cc(-n2c3ccccc3c3ccccc32)c1. The second kappa shape index (κ2) is 18.6. The molecule has 12 aromatic rings. The van der Waals surface area contributed by atoms with Gasteiger partial charge in [0.15, 0.2) is 0 Å². The molecule has 2 spiro atoms. The fourth-order valence-electron chi connectivity index (χ4n) is 16.9. The number of fused-ring (bicyclic) bond motifs is 21. The van der Waals surface area contributed by atoms with E-state index >= 15 is 0 Å². The summed E-state index contributed by atoms with van der Waals surface area (Å²) < 4.78 is 16.8. The van der Waals surface area contributed by atoms with Gasteiger partial charge in [0.05, 0.1) is 21.9 Å². The van der Waals surface area contributed by atoms with Crippen LogP contribution in [0.5, 0.6) is 23.0 Å². The van der Waals surface area contributed by atoms with Crippen molar-refractivity contribution < 1.29 is 9.47 Å². The molecule has 2 fully saturated rings. The van der Waals surface area contributed by atoms with E-state index in [4.69, 9.17) is 9.47 Å². The minimum atomic E-state index is -0.661. The predicted molar refractivity (Wildman–Crippen MR) is 342 cm³/mol. The molecule has 0 saturated heterocycles. The molecule has 2 aliphatic heterocycles. The zero-order chi connectivity index (χ0) is 55.1. The molecule has 0 radical (unpaired) electrons. The first-order valence-electron chi connectivity index (χ1n) is 30.9. The van der Waals surface area contributed by atoms with Crippen LogP contribution in [-0.4, -0.2) is 4.57 Å². The summed E-state index contributed by atoms with van der Waals surface area (Å²) >= 11 is 0. The summed E-state index contributed by atoms with van der Waals surface area (Å²) in [6, 6.07) is 92.0. The molecule has 0 N–H and O–H groups in total. The van der Waals surface area contributed by atoms with E-state index in [-0.39, 0.29) is 0 Å². The number of aromatic nitrogens is 1. The summed E-state index contributed by atoms with van der Waals surface area (Å²) in [7, 11) is 0. The van der Waals surface area contributed by atoms with E-state index < -0.39 is 10.8 Å². The summed E-state index contributed by atoms with van der Waals surface area (Å²) in [6.45, 7) is 0. The Balaban J connectivity index is 0.913. The van der Waals surface area contributed by atoms with Crippen LogP contribution in [0.25, 0.3) is 49.7 Å². The molecule has 84 heavy (non-hydrogen) atoms. The maximum absolute atomic E-state index is 7.25. The van der Waals surface area contributed by atoms with Crippen molar-refractivity contribution in [3.05, 3.63) is 298 Å². The zero-order valence-electron chi connectivity index (χ0n) is 47.0. The van der Waals surface area contributed by atoms with Crippen molar-refractivity contribution >= 4 is 38.9 Å². The van der Waals surface area contributed by atoms with Gasteiger partial charge in [-0.15, -0.1) is 0 Å². The molecule has 0 amide bonds. The molecule has 4 nitrogen and oxygen atoms in total. The fourth-order valence-corrected chi connectivity index (χ4v) is 16.9. The Kier molecular flexibility index (Phi) is 10.6. The Morgan fingerprint density at radius 2 is 0.726 bits per heavy atom. The summed E-state index contributed by atoms with van der Waals surface area (Å²) in [4.78, 5) is 2.54. The van der Waals surface area contributed by atoms with E-state index in [1.807, 2.05) is 0 Å². The highest BCUT2D eigenvalue weighted by atomic mass is 16.5. The van der Waals surface area contributed by atoms with Crippen LogP contribution in [0.15, 0.2) is 243 Å². The third kappa shape index (κ3) is 6.77. The monoisotopic (exact) mass is 1080 g/mol. The summed E-state index contributed by atoms with van der Waals surface area (Å²) in [5, 5.41) is 2.48. The van der Waals surface area contributed by atoms with Crippen LogP contribution < -0.4 is 14.4 Å². The quantitative estimate of drug-likeness (QED) is 0.166. The van der Waals surface area contributed by atoms with Crippen molar-refractivity contribution in [3.63, 3.8) is 0 Å². The third-order valence-corrected chi connectivity index (χ3v) is 20.5. The predicted octanol–water partition coefficient (Wildman–Crippen LogP) is 21.3. The molecule has 3 heterocycles. The first kappa shape index (κ1) is 48.2. The molecule has 0 bridgehead atoms. The van der Waals surface area contributed by atoms with Crippen LogP contribution in [0.1, 0.15) is 132 Å². The van der Waals surface area contributed by atoms with Crippen LogP contribution in [0.2, 0.25) is 0 Å². The first-order chi connectivity index (χ1) is 41.6. The van der Waals surface area contributed by atoms with E-state index in [0.29, 0.717) is 11.8 Å². The number of rotatable bonds is 6. The van der Waals surface area contributed by atoms with Crippen molar-refractivity contribution in [2.45, 2.75) is 86.9 Å². The van der Waals surface area contributed by atoms with Crippen molar-refractivity contribution in [3.8, 4) is 50.9 Å². The van der Waals surface area contributed by atoms with Crippen molar-refractivity contribution in [1.82, 2.24) is 4.57 Å². The fraction of sp³-hybridized carbons (Fsp3) is 0.175. The molecule has 4 aliphatic carbocycles. The topological polar surface area (TPSA) is 26.6 Å². The van der Waals surface area contributed by atoms with E-state index in [9.17, 15) is 0 Å². The number of nitrogens with zero attached hydrogens (tertiary/aromatic N) is 2. The van der Waals surface area contributed by atoms with E-state index in [1.165, 1.54) is 153 Å². The highest BCUT2D eigenvalue weighted by Crippen LogP contribution is 2.66. The van der Waals surface area contributed by atoms with E-state index in [2.05, 4.69) is 252 Å². The third-order valence-electron chi connectivity index (χ3n) is 20.5. The Hall–Kier alpha value is -9.38.